The van der Waals surface area contributed by atoms with Crippen molar-refractivity contribution >= 4 is 21.6 Å². The summed E-state index contributed by atoms with van der Waals surface area (Å²) in [7, 11) is -3.74. The van der Waals surface area contributed by atoms with Crippen LogP contribution in [0.4, 0.5) is 5.69 Å². The van der Waals surface area contributed by atoms with Crippen molar-refractivity contribution in [2.24, 2.45) is 0 Å². The summed E-state index contributed by atoms with van der Waals surface area (Å²) in [4.78, 5) is 13.2. The van der Waals surface area contributed by atoms with Gasteiger partial charge in [-0.05, 0) is 66.9 Å². The van der Waals surface area contributed by atoms with Crippen LogP contribution in [0.2, 0.25) is 0 Å². The van der Waals surface area contributed by atoms with Crippen LogP contribution < -0.4 is 5.32 Å². The molecule has 1 unspecified atom stereocenters. The maximum Gasteiger partial charge on any atom is 0.243 e. The van der Waals surface area contributed by atoms with Crippen LogP contribution in [0, 0.1) is 13.8 Å². The number of sulfonamides is 1. The molecule has 156 valence electrons. The van der Waals surface area contributed by atoms with E-state index in [9.17, 15) is 13.2 Å². The minimum atomic E-state index is -3.74. The van der Waals surface area contributed by atoms with Gasteiger partial charge in [0.2, 0.25) is 15.9 Å². The van der Waals surface area contributed by atoms with E-state index < -0.39 is 16.1 Å². The first-order chi connectivity index (χ1) is 14.4. The Hall–Kier alpha value is -3.11. The highest BCUT2D eigenvalue weighted by Gasteiger charge is 2.39. The minimum absolute atomic E-state index is 0.191. The van der Waals surface area contributed by atoms with Gasteiger partial charge in [-0.15, -0.1) is 5.10 Å². The smallest absolute Gasteiger partial charge is 0.243 e. The third kappa shape index (κ3) is 3.71. The summed E-state index contributed by atoms with van der Waals surface area (Å²) in [6.07, 6.45) is 1.11. The van der Waals surface area contributed by atoms with E-state index in [4.69, 9.17) is 0 Å². The third-order valence-electron chi connectivity index (χ3n) is 5.19. The number of hydrogen-bond donors (Lipinski definition) is 1. The molecular weight excluding hydrogens is 404 g/mol. The van der Waals surface area contributed by atoms with Gasteiger partial charge in [-0.3, -0.25) is 4.79 Å². The second-order valence-corrected chi connectivity index (χ2v) is 9.11. The van der Waals surface area contributed by atoms with E-state index >= 15 is 0 Å². The van der Waals surface area contributed by atoms with Gasteiger partial charge in [0.25, 0.3) is 0 Å². The summed E-state index contributed by atoms with van der Waals surface area (Å²) < 4.78 is 28.9. The van der Waals surface area contributed by atoms with Crippen molar-refractivity contribution < 1.29 is 13.2 Å². The number of carbonyl (C=O) groups excluding carboxylic acids is 1. The van der Waals surface area contributed by atoms with Crippen LogP contribution in [0.5, 0.6) is 0 Å². The second kappa shape index (κ2) is 7.96. The quantitative estimate of drug-likeness (QED) is 0.669. The zero-order chi connectivity index (χ0) is 21.3. The van der Waals surface area contributed by atoms with Crippen molar-refractivity contribution in [1.29, 1.82) is 0 Å². The molecule has 30 heavy (non-hydrogen) atoms. The molecule has 1 aromatic heterocycles. The molecule has 1 aliphatic rings. The summed E-state index contributed by atoms with van der Waals surface area (Å²) in [6.45, 7) is 4.03. The topological polar surface area (TPSA) is 110 Å². The molecule has 1 N–H and O–H groups in total. The van der Waals surface area contributed by atoms with E-state index in [1.807, 2.05) is 13.0 Å². The number of amides is 1. The van der Waals surface area contributed by atoms with Crippen molar-refractivity contribution in [1.82, 2.24) is 24.5 Å². The van der Waals surface area contributed by atoms with Gasteiger partial charge in [-0.25, -0.2) is 8.42 Å². The lowest BCUT2D eigenvalue weighted by atomic mass is 10.1. The molecule has 3 aromatic rings. The first-order valence-electron chi connectivity index (χ1n) is 9.62. The Kier molecular flexibility index (Phi) is 5.35. The van der Waals surface area contributed by atoms with Gasteiger partial charge in [-0.2, -0.15) is 8.99 Å². The summed E-state index contributed by atoms with van der Waals surface area (Å²) in [6, 6.07) is 12.9. The number of tetrazole rings is 1. The summed E-state index contributed by atoms with van der Waals surface area (Å²) in [5.41, 5.74) is 2.24. The molecule has 0 radical (unpaired) electrons. The fourth-order valence-electron chi connectivity index (χ4n) is 3.61. The molecule has 0 spiro atoms. The number of nitrogens with one attached hydrogen (secondary N) is 1. The molecule has 4 rings (SSSR count). The average Bonchev–Trinajstić information content (AvgIpc) is 3.40. The van der Waals surface area contributed by atoms with E-state index in [2.05, 4.69) is 20.8 Å². The molecule has 0 saturated carbocycles. The number of benzene rings is 2. The molecule has 1 saturated heterocycles. The van der Waals surface area contributed by atoms with Crippen LogP contribution in [-0.4, -0.2) is 51.4 Å². The lowest BCUT2D eigenvalue weighted by Gasteiger charge is -2.23. The van der Waals surface area contributed by atoms with Gasteiger partial charge in [0.1, 0.15) is 6.04 Å². The second-order valence-electron chi connectivity index (χ2n) is 7.22. The Morgan fingerprint density at radius 3 is 2.60 bits per heavy atom. The summed E-state index contributed by atoms with van der Waals surface area (Å²) >= 11 is 0. The van der Waals surface area contributed by atoms with Gasteiger partial charge in [0, 0.05) is 12.2 Å². The molecule has 1 aliphatic heterocycles. The average molecular weight is 427 g/mol. The Bertz CT molecular complexity index is 1180. The highest BCUT2D eigenvalue weighted by atomic mass is 32.2. The van der Waals surface area contributed by atoms with E-state index in [-0.39, 0.29) is 10.8 Å². The number of hydrogen-bond acceptors (Lipinski definition) is 6. The molecule has 10 heteroatoms. The predicted octanol–water partition coefficient (Wildman–Crippen LogP) is 2.07. The van der Waals surface area contributed by atoms with Crippen LogP contribution in [0.25, 0.3) is 5.69 Å². The Morgan fingerprint density at radius 2 is 1.90 bits per heavy atom. The van der Waals surface area contributed by atoms with Gasteiger partial charge >= 0.3 is 0 Å². The van der Waals surface area contributed by atoms with Gasteiger partial charge in [-0.1, -0.05) is 24.3 Å². The molecule has 1 atom stereocenters. The molecule has 1 amide bonds. The number of aromatic nitrogens is 4. The first kappa shape index (κ1) is 20.2. The van der Waals surface area contributed by atoms with Crippen molar-refractivity contribution in [3.05, 3.63) is 59.9 Å². The van der Waals surface area contributed by atoms with E-state index in [0.717, 1.165) is 11.3 Å². The minimum Gasteiger partial charge on any atom is -0.325 e. The van der Waals surface area contributed by atoms with Gasteiger partial charge in [0.15, 0.2) is 5.82 Å². The van der Waals surface area contributed by atoms with Crippen LogP contribution in [0.3, 0.4) is 0 Å². The number of rotatable bonds is 5. The largest absolute Gasteiger partial charge is 0.325 e. The molecule has 2 aromatic carbocycles. The molecule has 0 aliphatic carbocycles. The Labute approximate surface area is 174 Å². The van der Waals surface area contributed by atoms with Crippen LogP contribution >= 0.6 is 0 Å². The Balaban J connectivity index is 1.58. The van der Waals surface area contributed by atoms with Crippen molar-refractivity contribution in [2.45, 2.75) is 37.6 Å². The summed E-state index contributed by atoms with van der Waals surface area (Å²) in [5.74, 6) is 0.271. The monoisotopic (exact) mass is 426 g/mol. The zero-order valence-corrected chi connectivity index (χ0v) is 17.5. The standard InChI is InChI=1S/C20H22N6O3S/c1-14-10-11-16(13-19(14)26-15(2)22-23-24-26)21-20(27)18-9-6-12-25(18)30(28,29)17-7-4-3-5-8-17/h3-5,7-8,10-11,13,18H,6,9,12H2,1-2H3,(H,21,27). The fourth-order valence-corrected chi connectivity index (χ4v) is 5.29. The predicted molar refractivity (Wildman–Crippen MR) is 111 cm³/mol. The van der Waals surface area contributed by atoms with Crippen molar-refractivity contribution in [3.63, 3.8) is 0 Å². The SMILES string of the molecule is Cc1ccc(NC(=O)C2CCCN2S(=O)(=O)c2ccccc2)cc1-n1nnnc1C. The van der Waals surface area contributed by atoms with Crippen LogP contribution in [0.15, 0.2) is 53.4 Å². The van der Waals surface area contributed by atoms with Crippen LogP contribution in [-0.2, 0) is 14.8 Å². The van der Waals surface area contributed by atoms with Crippen molar-refractivity contribution in [2.75, 3.05) is 11.9 Å². The lowest BCUT2D eigenvalue weighted by molar-refractivity contribution is -0.119. The molecule has 1 fully saturated rings. The van der Waals surface area contributed by atoms with Crippen LogP contribution in [0.1, 0.15) is 24.2 Å². The molecular formula is C20H22N6O3S. The molecule has 9 nitrogen and oxygen atoms in total. The molecule has 2 heterocycles. The van der Waals surface area contributed by atoms with Crippen molar-refractivity contribution in [3.8, 4) is 5.69 Å². The molecule has 0 bridgehead atoms. The third-order valence-corrected chi connectivity index (χ3v) is 7.11. The number of aryl methyl sites for hydroxylation is 2. The Morgan fingerprint density at radius 1 is 1.13 bits per heavy atom. The first-order valence-corrected chi connectivity index (χ1v) is 11.1. The fraction of sp³-hybridized carbons (Fsp3) is 0.300. The normalized spacial score (nSPS) is 17.2. The van der Waals surface area contributed by atoms with Gasteiger partial charge < -0.3 is 5.32 Å². The number of nitrogens with zero attached hydrogens (tertiary/aromatic N) is 5. The number of anilines is 1. The highest BCUT2D eigenvalue weighted by Crippen LogP contribution is 2.27. The summed E-state index contributed by atoms with van der Waals surface area (Å²) in [5, 5.41) is 14.4. The zero-order valence-electron chi connectivity index (χ0n) is 16.7. The highest BCUT2D eigenvalue weighted by molar-refractivity contribution is 7.89. The van der Waals surface area contributed by atoms with E-state index in [0.29, 0.717) is 30.9 Å². The maximum atomic E-state index is 13.0. The van der Waals surface area contributed by atoms with Gasteiger partial charge in [0.05, 0.1) is 10.6 Å². The van der Waals surface area contributed by atoms with E-state index in [1.165, 1.54) is 4.31 Å². The lowest BCUT2D eigenvalue weighted by Crippen LogP contribution is -2.43. The number of carbonyl (C=O) groups is 1. The van der Waals surface area contributed by atoms with E-state index in [1.54, 1.807) is 54.1 Å². The maximum absolute atomic E-state index is 13.0.